The summed E-state index contributed by atoms with van der Waals surface area (Å²) in [5.41, 5.74) is 1.57. The summed E-state index contributed by atoms with van der Waals surface area (Å²) in [6.45, 7) is 0. The number of carboxylic acids is 1. The van der Waals surface area contributed by atoms with Gasteiger partial charge in [-0.05, 0) is 24.3 Å². The Bertz CT molecular complexity index is 1110. The number of rotatable bonds is 3. The molecule has 0 radical (unpaired) electrons. The normalized spacial score (nSPS) is 19.7. The summed E-state index contributed by atoms with van der Waals surface area (Å²) < 4.78 is 19.7. The Labute approximate surface area is 162 Å². The lowest BCUT2D eigenvalue weighted by Crippen LogP contribution is -2.42. The lowest BCUT2D eigenvalue weighted by atomic mass is 9.91. The van der Waals surface area contributed by atoms with Crippen LogP contribution in [0.3, 0.4) is 0 Å². The van der Waals surface area contributed by atoms with Crippen LogP contribution in [0, 0.1) is 0 Å². The van der Waals surface area contributed by atoms with Crippen LogP contribution in [0.1, 0.15) is 5.56 Å². The molecular formula is C19H11Cl2FN2O3. The average molecular weight is 405 g/mol. The second-order valence-corrected chi connectivity index (χ2v) is 6.79. The third-order valence-corrected chi connectivity index (χ3v) is 4.96. The van der Waals surface area contributed by atoms with Gasteiger partial charge in [0, 0.05) is 11.1 Å². The molecule has 5 nitrogen and oxygen atoms in total. The summed E-state index contributed by atoms with van der Waals surface area (Å²) in [4.78, 5) is 14.3. The summed E-state index contributed by atoms with van der Waals surface area (Å²) in [6.07, 6.45) is 0.803. The fraction of sp³-hybridized carbons (Fsp3) is 0.0526. The standard InChI is InChI=1S/C19H11Cl2FN2O3/c20-16-13(22)9-12(18(25)26)19(21,24-16)11-6-2-1-5-10(11)17-23-14-7-3-4-8-15(14)27-17/h1-9,24H,(H,25,26). The van der Waals surface area contributed by atoms with E-state index in [0.29, 0.717) is 22.2 Å². The zero-order chi connectivity index (χ0) is 19.2. The van der Waals surface area contributed by atoms with E-state index >= 15 is 0 Å². The number of oxazole rings is 1. The molecule has 0 saturated heterocycles. The number of hydrogen-bond acceptors (Lipinski definition) is 4. The molecular weight excluding hydrogens is 394 g/mol. The molecule has 136 valence electrons. The zero-order valence-electron chi connectivity index (χ0n) is 13.5. The van der Waals surface area contributed by atoms with Crippen molar-refractivity contribution in [2.75, 3.05) is 0 Å². The minimum absolute atomic E-state index is 0.254. The van der Waals surface area contributed by atoms with Crippen molar-refractivity contribution in [2.45, 2.75) is 5.00 Å². The van der Waals surface area contributed by atoms with Gasteiger partial charge in [0.25, 0.3) is 0 Å². The molecule has 1 aliphatic rings. The number of aromatic nitrogens is 1. The summed E-state index contributed by atoms with van der Waals surface area (Å²) in [5, 5.41) is 11.7. The van der Waals surface area contributed by atoms with Gasteiger partial charge >= 0.3 is 5.97 Å². The fourth-order valence-electron chi connectivity index (χ4n) is 2.95. The van der Waals surface area contributed by atoms with Crippen molar-refractivity contribution < 1.29 is 18.7 Å². The number of benzene rings is 2. The van der Waals surface area contributed by atoms with Crippen LogP contribution in [0.4, 0.5) is 4.39 Å². The van der Waals surface area contributed by atoms with Crippen molar-refractivity contribution in [3.63, 3.8) is 0 Å². The Morgan fingerprint density at radius 3 is 2.63 bits per heavy atom. The maximum atomic E-state index is 13.9. The summed E-state index contributed by atoms with van der Waals surface area (Å²) >= 11 is 12.5. The van der Waals surface area contributed by atoms with E-state index in [1.165, 1.54) is 0 Å². The largest absolute Gasteiger partial charge is 0.478 e. The number of para-hydroxylation sites is 2. The van der Waals surface area contributed by atoms with E-state index < -0.39 is 22.4 Å². The smallest absolute Gasteiger partial charge is 0.335 e. The lowest BCUT2D eigenvalue weighted by molar-refractivity contribution is -0.133. The van der Waals surface area contributed by atoms with E-state index in [2.05, 4.69) is 10.3 Å². The van der Waals surface area contributed by atoms with Crippen LogP contribution in [0.15, 0.2) is 75.6 Å². The fourth-order valence-corrected chi connectivity index (χ4v) is 3.59. The third kappa shape index (κ3) is 2.87. The van der Waals surface area contributed by atoms with Gasteiger partial charge in [0.05, 0.1) is 5.57 Å². The Hall–Kier alpha value is -2.83. The van der Waals surface area contributed by atoms with Gasteiger partial charge in [0.1, 0.15) is 10.7 Å². The van der Waals surface area contributed by atoms with Crippen LogP contribution in [0.25, 0.3) is 22.6 Å². The number of carbonyl (C=O) groups is 1. The number of carboxylic acid groups (broad SMARTS) is 1. The molecule has 0 bridgehead atoms. The first-order valence-electron chi connectivity index (χ1n) is 7.83. The molecule has 2 N–H and O–H groups in total. The van der Waals surface area contributed by atoms with Crippen molar-refractivity contribution in [3.8, 4) is 11.5 Å². The average Bonchev–Trinajstić information content (AvgIpc) is 3.08. The zero-order valence-corrected chi connectivity index (χ0v) is 15.1. The van der Waals surface area contributed by atoms with Crippen molar-refractivity contribution in [1.82, 2.24) is 10.3 Å². The number of aliphatic carboxylic acids is 1. The molecule has 1 aliphatic heterocycles. The van der Waals surface area contributed by atoms with E-state index in [0.717, 1.165) is 6.08 Å². The van der Waals surface area contributed by atoms with Crippen LogP contribution in [-0.2, 0) is 9.79 Å². The molecule has 0 aliphatic carbocycles. The second-order valence-electron chi connectivity index (χ2n) is 5.84. The van der Waals surface area contributed by atoms with Gasteiger partial charge < -0.3 is 14.8 Å². The van der Waals surface area contributed by atoms with Crippen LogP contribution in [0.5, 0.6) is 0 Å². The van der Waals surface area contributed by atoms with E-state index in [1.807, 2.05) is 12.1 Å². The molecule has 3 aromatic rings. The summed E-state index contributed by atoms with van der Waals surface area (Å²) in [7, 11) is 0. The number of alkyl halides is 1. The van der Waals surface area contributed by atoms with Crippen molar-refractivity contribution in [3.05, 3.63) is 76.7 Å². The number of nitrogens with one attached hydrogen (secondary N) is 1. The molecule has 0 amide bonds. The first-order chi connectivity index (χ1) is 12.9. The van der Waals surface area contributed by atoms with Gasteiger partial charge in [-0.2, -0.15) is 0 Å². The highest BCUT2D eigenvalue weighted by Crippen LogP contribution is 2.44. The highest BCUT2D eigenvalue weighted by molar-refractivity contribution is 6.33. The molecule has 8 heteroatoms. The third-order valence-electron chi connectivity index (χ3n) is 4.19. The number of fused-ring (bicyclic) bond motifs is 1. The van der Waals surface area contributed by atoms with Crippen LogP contribution in [-0.4, -0.2) is 16.1 Å². The number of dihydropyridines is 1. The van der Waals surface area contributed by atoms with Gasteiger partial charge in [-0.3, -0.25) is 0 Å². The van der Waals surface area contributed by atoms with Gasteiger partial charge in [0.2, 0.25) is 5.89 Å². The number of hydrogen-bond donors (Lipinski definition) is 2. The number of allylic oxidation sites excluding steroid dienone is 2. The molecule has 1 atom stereocenters. The molecule has 1 unspecified atom stereocenters. The highest BCUT2D eigenvalue weighted by Gasteiger charge is 2.43. The van der Waals surface area contributed by atoms with Crippen molar-refractivity contribution >= 4 is 40.3 Å². The minimum Gasteiger partial charge on any atom is -0.478 e. The number of nitrogens with zero attached hydrogens (tertiary/aromatic N) is 1. The van der Waals surface area contributed by atoms with Gasteiger partial charge in [-0.1, -0.05) is 53.5 Å². The predicted molar refractivity (Wildman–Crippen MR) is 99.8 cm³/mol. The SMILES string of the molecule is O=C(O)C1=CC(F)=C(Cl)NC1(Cl)c1ccccc1-c1nc2ccccc2o1. The summed E-state index contributed by atoms with van der Waals surface area (Å²) in [6, 6.07) is 13.9. The maximum Gasteiger partial charge on any atom is 0.335 e. The van der Waals surface area contributed by atoms with Gasteiger partial charge in [-0.25, -0.2) is 14.2 Å². The van der Waals surface area contributed by atoms with Crippen LogP contribution in [0.2, 0.25) is 0 Å². The molecule has 2 heterocycles. The molecule has 4 rings (SSSR count). The van der Waals surface area contributed by atoms with Crippen LogP contribution < -0.4 is 5.32 Å². The predicted octanol–water partition coefficient (Wildman–Crippen LogP) is 4.88. The van der Waals surface area contributed by atoms with E-state index in [1.54, 1.807) is 36.4 Å². The Kier molecular flexibility index (Phi) is 4.17. The molecule has 2 aromatic carbocycles. The van der Waals surface area contributed by atoms with Gasteiger partial charge in [0.15, 0.2) is 16.4 Å². The van der Waals surface area contributed by atoms with E-state index in [4.69, 9.17) is 27.6 Å². The first-order valence-corrected chi connectivity index (χ1v) is 8.59. The number of halogens is 3. The quantitative estimate of drug-likeness (QED) is 0.480. The second kappa shape index (κ2) is 6.40. The van der Waals surface area contributed by atoms with Gasteiger partial charge in [-0.15, -0.1) is 0 Å². The molecule has 0 saturated carbocycles. The molecule has 1 aromatic heterocycles. The lowest BCUT2D eigenvalue weighted by Gasteiger charge is -2.33. The van der Waals surface area contributed by atoms with Crippen molar-refractivity contribution in [2.24, 2.45) is 0 Å². The topological polar surface area (TPSA) is 75.4 Å². The highest BCUT2D eigenvalue weighted by atomic mass is 35.5. The monoisotopic (exact) mass is 404 g/mol. The first kappa shape index (κ1) is 17.6. The Morgan fingerprint density at radius 1 is 1.19 bits per heavy atom. The van der Waals surface area contributed by atoms with Crippen LogP contribution >= 0.6 is 23.2 Å². The molecule has 0 fully saturated rings. The Balaban J connectivity index is 1.93. The Morgan fingerprint density at radius 2 is 1.89 bits per heavy atom. The molecule has 27 heavy (non-hydrogen) atoms. The van der Waals surface area contributed by atoms with Crippen molar-refractivity contribution in [1.29, 1.82) is 0 Å². The summed E-state index contributed by atoms with van der Waals surface area (Å²) in [5.74, 6) is -2.04. The maximum absolute atomic E-state index is 13.9. The minimum atomic E-state index is -1.81. The van der Waals surface area contributed by atoms with E-state index in [-0.39, 0.29) is 11.0 Å². The van der Waals surface area contributed by atoms with E-state index in [9.17, 15) is 14.3 Å². The molecule has 0 spiro atoms.